The average molecular weight is 328 g/mol. The van der Waals surface area contributed by atoms with Gasteiger partial charge in [0.1, 0.15) is 17.3 Å². The molecular weight excluding hydrogens is 300 g/mol. The summed E-state index contributed by atoms with van der Waals surface area (Å²) < 4.78 is 6.08. The van der Waals surface area contributed by atoms with Crippen molar-refractivity contribution < 1.29 is 4.74 Å². The van der Waals surface area contributed by atoms with Crippen LogP contribution in [0, 0.1) is 27.7 Å². The lowest BCUT2D eigenvalue weighted by Crippen LogP contribution is -2.19. The highest BCUT2D eigenvalue weighted by Gasteiger charge is 2.16. The molecule has 0 saturated carbocycles. The van der Waals surface area contributed by atoms with Gasteiger partial charge in [0.05, 0.1) is 0 Å². The van der Waals surface area contributed by atoms with Crippen LogP contribution in [0.4, 0.5) is 11.5 Å². The summed E-state index contributed by atoms with van der Waals surface area (Å²) in [4.78, 5) is 8.84. The molecule has 0 aliphatic heterocycles. The van der Waals surface area contributed by atoms with Gasteiger partial charge < -0.3 is 15.8 Å². The first-order valence-electron chi connectivity index (χ1n) is 8.52. The quantitative estimate of drug-likeness (QED) is 0.805. The minimum absolute atomic E-state index is 0.331. The van der Waals surface area contributed by atoms with Crippen LogP contribution in [0.1, 0.15) is 49.2 Å². The van der Waals surface area contributed by atoms with E-state index in [1.165, 1.54) is 5.56 Å². The highest BCUT2D eigenvalue weighted by Crippen LogP contribution is 2.34. The number of nitrogens with zero attached hydrogens (tertiary/aromatic N) is 2. The third-order valence-corrected chi connectivity index (χ3v) is 4.15. The van der Waals surface area contributed by atoms with Gasteiger partial charge in [-0.2, -0.15) is 4.98 Å². The van der Waals surface area contributed by atoms with Crippen LogP contribution in [0.2, 0.25) is 0 Å². The van der Waals surface area contributed by atoms with Gasteiger partial charge in [-0.3, -0.25) is 0 Å². The van der Waals surface area contributed by atoms with Gasteiger partial charge in [-0.25, -0.2) is 4.98 Å². The maximum absolute atomic E-state index is 6.28. The summed E-state index contributed by atoms with van der Waals surface area (Å²) in [6, 6.07) is 4.52. The Bertz CT molecular complexity index is 701. The van der Waals surface area contributed by atoms with E-state index in [-0.39, 0.29) is 0 Å². The van der Waals surface area contributed by atoms with Crippen molar-refractivity contribution in [1.29, 1.82) is 0 Å². The standard InChI is InChI=1S/C19H28N4O/c1-7-15(8-2)23-18-16(20)19(22-14(6)21-18)24-17-12(4)9-11(3)10-13(17)5/h9-10,15H,7-8,20H2,1-6H3,(H,21,22,23). The number of aromatic nitrogens is 2. The molecule has 2 rings (SSSR count). The molecule has 0 saturated heterocycles. The number of nitrogens with two attached hydrogens (primary N) is 1. The third-order valence-electron chi connectivity index (χ3n) is 4.15. The predicted molar refractivity (Wildman–Crippen MR) is 99.9 cm³/mol. The van der Waals surface area contributed by atoms with E-state index in [1.54, 1.807) is 0 Å². The van der Waals surface area contributed by atoms with E-state index in [4.69, 9.17) is 10.5 Å². The van der Waals surface area contributed by atoms with Crippen molar-refractivity contribution in [1.82, 2.24) is 9.97 Å². The SMILES string of the molecule is CCC(CC)Nc1nc(C)nc(Oc2c(C)cc(C)cc2C)c1N. The molecule has 0 spiro atoms. The molecular formula is C19H28N4O. The lowest BCUT2D eigenvalue weighted by atomic mass is 10.1. The average Bonchev–Trinajstić information content (AvgIpc) is 2.52. The Morgan fingerprint density at radius 3 is 2.17 bits per heavy atom. The summed E-state index contributed by atoms with van der Waals surface area (Å²) in [6.45, 7) is 12.3. The number of anilines is 2. The highest BCUT2D eigenvalue weighted by atomic mass is 16.5. The van der Waals surface area contributed by atoms with E-state index in [0.717, 1.165) is 29.7 Å². The zero-order chi connectivity index (χ0) is 17.9. The second-order valence-corrected chi connectivity index (χ2v) is 6.33. The fourth-order valence-corrected chi connectivity index (χ4v) is 2.85. The molecule has 0 amide bonds. The number of ether oxygens (including phenoxy) is 1. The molecule has 2 aromatic rings. The third kappa shape index (κ3) is 3.96. The number of aryl methyl sites for hydroxylation is 4. The molecule has 3 N–H and O–H groups in total. The lowest BCUT2D eigenvalue weighted by molar-refractivity contribution is 0.455. The summed E-state index contributed by atoms with van der Waals surface area (Å²) in [5.41, 5.74) is 10.1. The van der Waals surface area contributed by atoms with Gasteiger partial charge in [0.15, 0.2) is 5.82 Å². The van der Waals surface area contributed by atoms with Gasteiger partial charge >= 0.3 is 0 Å². The van der Waals surface area contributed by atoms with E-state index < -0.39 is 0 Å². The Labute approximate surface area is 144 Å². The maximum atomic E-state index is 6.28. The van der Waals surface area contributed by atoms with Crippen LogP contribution < -0.4 is 15.8 Å². The summed E-state index contributed by atoms with van der Waals surface area (Å²) >= 11 is 0. The van der Waals surface area contributed by atoms with Gasteiger partial charge in [-0.05, 0) is 51.7 Å². The summed E-state index contributed by atoms with van der Waals surface area (Å²) in [5.74, 6) is 2.49. The second-order valence-electron chi connectivity index (χ2n) is 6.33. The predicted octanol–water partition coefficient (Wildman–Crippen LogP) is 4.69. The molecule has 0 atom stereocenters. The van der Waals surface area contributed by atoms with E-state index in [0.29, 0.717) is 29.3 Å². The van der Waals surface area contributed by atoms with Crippen molar-refractivity contribution in [3.8, 4) is 11.6 Å². The number of benzene rings is 1. The molecule has 0 radical (unpaired) electrons. The van der Waals surface area contributed by atoms with Crippen molar-refractivity contribution in [2.24, 2.45) is 0 Å². The second kappa shape index (κ2) is 7.51. The summed E-state index contributed by atoms with van der Waals surface area (Å²) in [6.07, 6.45) is 2.01. The fourth-order valence-electron chi connectivity index (χ4n) is 2.85. The molecule has 5 heteroatoms. The number of nitrogens with one attached hydrogen (secondary N) is 1. The number of hydrogen-bond acceptors (Lipinski definition) is 5. The fraction of sp³-hybridized carbons (Fsp3) is 0.474. The first kappa shape index (κ1) is 18.0. The largest absolute Gasteiger partial charge is 0.436 e. The van der Waals surface area contributed by atoms with Gasteiger partial charge in [-0.15, -0.1) is 0 Å². The van der Waals surface area contributed by atoms with Crippen molar-refractivity contribution in [3.05, 3.63) is 34.6 Å². The topological polar surface area (TPSA) is 73.1 Å². The Balaban J connectivity index is 2.39. The molecule has 0 fully saturated rings. The molecule has 130 valence electrons. The maximum Gasteiger partial charge on any atom is 0.248 e. The molecule has 24 heavy (non-hydrogen) atoms. The Hall–Kier alpha value is -2.30. The van der Waals surface area contributed by atoms with Crippen LogP contribution in [0.5, 0.6) is 11.6 Å². The Morgan fingerprint density at radius 2 is 1.62 bits per heavy atom. The van der Waals surface area contributed by atoms with Gasteiger partial charge in [0.2, 0.25) is 5.88 Å². The summed E-state index contributed by atoms with van der Waals surface area (Å²) in [5, 5.41) is 3.40. The van der Waals surface area contributed by atoms with Crippen molar-refractivity contribution in [2.45, 2.75) is 60.4 Å². The minimum atomic E-state index is 0.331. The minimum Gasteiger partial charge on any atom is -0.436 e. The van der Waals surface area contributed by atoms with Crippen LogP contribution in [0.3, 0.4) is 0 Å². The van der Waals surface area contributed by atoms with E-state index in [1.807, 2.05) is 20.8 Å². The van der Waals surface area contributed by atoms with Gasteiger partial charge in [-0.1, -0.05) is 31.5 Å². The molecule has 0 aliphatic carbocycles. The molecule has 0 bridgehead atoms. The number of hydrogen-bond donors (Lipinski definition) is 2. The number of rotatable bonds is 6. The normalized spacial score (nSPS) is 11.0. The first-order chi connectivity index (χ1) is 11.3. The highest BCUT2D eigenvalue weighted by molar-refractivity contribution is 5.68. The smallest absolute Gasteiger partial charge is 0.248 e. The van der Waals surface area contributed by atoms with Crippen molar-refractivity contribution in [3.63, 3.8) is 0 Å². The van der Waals surface area contributed by atoms with E-state index in [9.17, 15) is 0 Å². The molecule has 1 heterocycles. The zero-order valence-corrected chi connectivity index (χ0v) is 15.5. The number of nitrogen functional groups attached to an aromatic ring is 1. The molecule has 1 aromatic heterocycles. The van der Waals surface area contributed by atoms with E-state index >= 15 is 0 Å². The van der Waals surface area contributed by atoms with E-state index in [2.05, 4.69) is 48.2 Å². The molecule has 0 aliphatic rings. The van der Waals surface area contributed by atoms with Crippen LogP contribution in [0.25, 0.3) is 0 Å². The van der Waals surface area contributed by atoms with Crippen LogP contribution in [0.15, 0.2) is 12.1 Å². The van der Waals surface area contributed by atoms with Crippen molar-refractivity contribution in [2.75, 3.05) is 11.1 Å². The molecule has 5 nitrogen and oxygen atoms in total. The summed E-state index contributed by atoms with van der Waals surface area (Å²) in [7, 11) is 0. The first-order valence-corrected chi connectivity index (χ1v) is 8.52. The van der Waals surface area contributed by atoms with Gasteiger partial charge in [0, 0.05) is 6.04 Å². The Kier molecular flexibility index (Phi) is 5.65. The van der Waals surface area contributed by atoms with Crippen LogP contribution in [-0.2, 0) is 0 Å². The van der Waals surface area contributed by atoms with Crippen molar-refractivity contribution >= 4 is 11.5 Å². The molecule has 0 unspecified atom stereocenters. The monoisotopic (exact) mass is 328 g/mol. The zero-order valence-electron chi connectivity index (χ0n) is 15.5. The molecule has 1 aromatic carbocycles. The lowest BCUT2D eigenvalue weighted by Gasteiger charge is -2.19. The Morgan fingerprint density at radius 1 is 1.04 bits per heavy atom. The van der Waals surface area contributed by atoms with Gasteiger partial charge in [0.25, 0.3) is 0 Å². The van der Waals surface area contributed by atoms with Crippen LogP contribution in [-0.4, -0.2) is 16.0 Å². The van der Waals surface area contributed by atoms with Crippen LogP contribution >= 0.6 is 0 Å².